The number of carbonyl (C=O) groups excluding carboxylic acids is 1. The summed E-state index contributed by atoms with van der Waals surface area (Å²) in [4.78, 5) is 22.6. The average Bonchev–Trinajstić information content (AvgIpc) is 2.61. The molecule has 1 amide bonds. The lowest BCUT2D eigenvalue weighted by atomic mass is 10.2. The molecule has 88 valence electrons. The number of carboxylic acids is 1. The average molecular weight is 263 g/mol. The highest BCUT2D eigenvalue weighted by Gasteiger charge is 2.15. The normalized spacial score (nSPS) is 12.1. The van der Waals surface area contributed by atoms with Crippen LogP contribution in [0.25, 0.3) is 0 Å². The van der Waals surface area contributed by atoms with Gasteiger partial charge in [0.15, 0.2) is 0 Å². The molecule has 0 aliphatic rings. The van der Waals surface area contributed by atoms with E-state index in [1.165, 1.54) is 11.3 Å². The summed E-state index contributed by atoms with van der Waals surface area (Å²) in [5.41, 5.74) is 5.21. The van der Waals surface area contributed by atoms with Crippen LogP contribution >= 0.6 is 22.9 Å². The zero-order valence-corrected chi connectivity index (χ0v) is 9.85. The Hall–Kier alpha value is -1.11. The smallest absolute Gasteiger partial charge is 0.321 e. The molecule has 1 unspecified atom stereocenters. The van der Waals surface area contributed by atoms with Crippen molar-refractivity contribution in [3.8, 4) is 0 Å². The van der Waals surface area contributed by atoms with Crippen LogP contribution in [0, 0.1) is 0 Å². The Bertz CT molecular complexity index is 394. The van der Waals surface area contributed by atoms with E-state index in [-0.39, 0.29) is 12.3 Å². The number of amides is 1. The van der Waals surface area contributed by atoms with Crippen molar-refractivity contribution in [3.05, 3.63) is 21.3 Å². The summed E-state index contributed by atoms with van der Waals surface area (Å²) < 4.78 is 0.645. The topological polar surface area (TPSA) is 92.4 Å². The molecule has 0 bridgehead atoms. The fraction of sp³-hybridized carbons (Fsp3) is 0.333. The van der Waals surface area contributed by atoms with Crippen molar-refractivity contribution in [1.82, 2.24) is 5.32 Å². The van der Waals surface area contributed by atoms with Gasteiger partial charge in [-0.3, -0.25) is 9.59 Å². The molecule has 0 fully saturated rings. The van der Waals surface area contributed by atoms with Gasteiger partial charge in [-0.15, -0.1) is 11.3 Å². The Morgan fingerprint density at radius 2 is 2.25 bits per heavy atom. The molecule has 1 atom stereocenters. The van der Waals surface area contributed by atoms with Crippen LogP contribution in [0.4, 0.5) is 0 Å². The Balaban J connectivity index is 2.33. The molecule has 5 nitrogen and oxygen atoms in total. The molecule has 1 rings (SSSR count). The number of hydrogen-bond donors (Lipinski definition) is 3. The van der Waals surface area contributed by atoms with Gasteiger partial charge in [0.1, 0.15) is 6.04 Å². The van der Waals surface area contributed by atoms with Crippen LogP contribution in [-0.4, -0.2) is 23.0 Å². The van der Waals surface area contributed by atoms with Crippen LogP contribution in [0.2, 0.25) is 4.34 Å². The summed E-state index contributed by atoms with van der Waals surface area (Å²) in [6, 6.07) is 2.37. The molecule has 0 saturated heterocycles. The highest BCUT2D eigenvalue weighted by molar-refractivity contribution is 7.16. The molecule has 0 saturated carbocycles. The zero-order chi connectivity index (χ0) is 12.1. The van der Waals surface area contributed by atoms with Gasteiger partial charge in [0.25, 0.3) is 0 Å². The standard InChI is InChI=1S/C9H11ClN2O3S/c10-7-2-1-5(16-7)4-12-8(13)3-6(11)9(14)15/h1-2,6H,3-4,11H2,(H,12,13)(H,14,15). The van der Waals surface area contributed by atoms with Gasteiger partial charge in [0.05, 0.1) is 17.3 Å². The SMILES string of the molecule is NC(CC(=O)NCc1ccc(Cl)s1)C(=O)O. The summed E-state index contributed by atoms with van der Waals surface area (Å²) in [5.74, 6) is -1.58. The molecule has 1 heterocycles. The van der Waals surface area contributed by atoms with Crippen molar-refractivity contribution in [2.75, 3.05) is 0 Å². The van der Waals surface area contributed by atoms with Crippen LogP contribution in [-0.2, 0) is 16.1 Å². The highest BCUT2D eigenvalue weighted by atomic mass is 35.5. The Labute approximate surface area is 101 Å². The second kappa shape index (κ2) is 5.83. The number of halogens is 1. The van der Waals surface area contributed by atoms with Crippen LogP contribution in [0.5, 0.6) is 0 Å². The largest absolute Gasteiger partial charge is 0.480 e. The molecular weight excluding hydrogens is 252 g/mol. The van der Waals surface area contributed by atoms with Crippen molar-refractivity contribution < 1.29 is 14.7 Å². The van der Waals surface area contributed by atoms with Gasteiger partial charge in [-0.25, -0.2) is 0 Å². The lowest BCUT2D eigenvalue weighted by molar-refractivity contribution is -0.140. The minimum Gasteiger partial charge on any atom is -0.480 e. The first-order valence-corrected chi connectivity index (χ1v) is 5.68. The third-order valence-corrected chi connectivity index (χ3v) is 3.04. The van der Waals surface area contributed by atoms with Crippen LogP contribution < -0.4 is 11.1 Å². The maximum atomic E-state index is 11.3. The Morgan fingerprint density at radius 1 is 1.56 bits per heavy atom. The van der Waals surface area contributed by atoms with Gasteiger partial charge < -0.3 is 16.2 Å². The third-order valence-electron chi connectivity index (χ3n) is 1.81. The highest BCUT2D eigenvalue weighted by Crippen LogP contribution is 2.20. The van der Waals surface area contributed by atoms with Crippen molar-refractivity contribution >= 4 is 34.8 Å². The van der Waals surface area contributed by atoms with Gasteiger partial charge in [0.2, 0.25) is 5.91 Å². The first-order chi connectivity index (χ1) is 7.49. The molecule has 0 aromatic carbocycles. The number of aliphatic carboxylic acids is 1. The van der Waals surface area contributed by atoms with Gasteiger partial charge in [-0.1, -0.05) is 11.6 Å². The molecule has 0 spiro atoms. The lowest BCUT2D eigenvalue weighted by Gasteiger charge is -2.06. The Kier molecular flexibility index (Phi) is 4.72. The second-order valence-electron chi connectivity index (χ2n) is 3.13. The first kappa shape index (κ1) is 13.0. The predicted molar refractivity (Wildman–Crippen MR) is 61.4 cm³/mol. The first-order valence-electron chi connectivity index (χ1n) is 4.48. The number of thiophene rings is 1. The minimum atomic E-state index is -1.19. The summed E-state index contributed by atoms with van der Waals surface area (Å²) in [7, 11) is 0. The quantitative estimate of drug-likeness (QED) is 0.732. The van der Waals surface area contributed by atoms with E-state index >= 15 is 0 Å². The number of carbonyl (C=O) groups is 2. The molecule has 7 heteroatoms. The second-order valence-corrected chi connectivity index (χ2v) is 4.93. The fourth-order valence-corrected chi connectivity index (χ4v) is 2.02. The van der Waals surface area contributed by atoms with E-state index in [9.17, 15) is 9.59 Å². The van der Waals surface area contributed by atoms with Gasteiger partial charge in [-0.05, 0) is 12.1 Å². The van der Waals surface area contributed by atoms with Crippen molar-refractivity contribution in [2.45, 2.75) is 19.0 Å². The molecular formula is C9H11ClN2O3S. The summed E-state index contributed by atoms with van der Waals surface area (Å²) in [6.45, 7) is 0.336. The number of nitrogens with one attached hydrogen (secondary N) is 1. The number of hydrogen-bond acceptors (Lipinski definition) is 4. The van der Waals surface area contributed by atoms with E-state index in [1.54, 1.807) is 12.1 Å². The van der Waals surface area contributed by atoms with Gasteiger partial charge >= 0.3 is 5.97 Å². The maximum Gasteiger partial charge on any atom is 0.321 e. The lowest BCUT2D eigenvalue weighted by Crippen LogP contribution is -2.36. The Morgan fingerprint density at radius 3 is 2.75 bits per heavy atom. The molecule has 0 aliphatic heterocycles. The number of nitrogens with two attached hydrogens (primary N) is 1. The molecule has 0 aliphatic carbocycles. The molecule has 1 aromatic heterocycles. The number of carboxylic acid groups (broad SMARTS) is 1. The van der Waals surface area contributed by atoms with E-state index in [2.05, 4.69) is 5.32 Å². The van der Waals surface area contributed by atoms with Gasteiger partial charge in [-0.2, -0.15) is 0 Å². The minimum absolute atomic E-state index is 0.228. The maximum absolute atomic E-state index is 11.3. The van der Waals surface area contributed by atoms with E-state index in [0.29, 0.717) is 10.9 Å². The van der Waals surface area contributed by atoms with Crippen LogP contribution in [0.15, 0.2) is 12.1 Å². The van der Waals surface area contributed by atoms with E-state index in [4.69, 9.17) is 22.4 Å². The molecule has 0 radical (unpaired) electrons. The third kappa shape index (κ3) is 4.18. The molecule has 16 heavy (non-hydrogen) atoms. The predicted octanol–water partition coefficient (Wildman–Crippen LogP) is 0.820. The summed E-state index contributed by atoms with van der Waals surface area (Å²) in [6.07, 6.45) is -0.228. The molecule has 4 N–H and O–H groups in total. The van der Waals surface area contributed by atoms with Gasteiger partial charge in [0, 0.05) is 4.88 Å². The van der Waals surface area contributed by atoms with Crippen LogP contribution in [0.1, 0.15) is 11.3 Å². The van der Waals surface area contributed by atoms with Crippen molar-refractivity contribution in [3.63, 3.8) is 0 Å². The van der Waals surface area contributed by atoms with E-state index in [1.807, 2.05) is 0 Å². The monoisotopic (exact) mass is 262 g/mol. The fourth-order valence-electron chi connectivity index (χ4n) is 0.992. The summed E-state index contributed by atoms with van der Waals surface area (Å²) >= 11 is 7.07. The van der Waals surface area contributed by atoms with Crippen LogP contribution in [0.3, 0.4) is 0 Å². The molecule has 1 aromatic rings. The van der Waals surface area contributed by atoms with E-state index in [0.717, 1.165) is 4.88 Å². The summed E-state index contributed by atoms with van der Waals surface area (Å²) in [5, 5.41) is 11.1. The van der Waals surface area contributed by atoms with Crippen molar-refractivity contribution in [2.24, 2.45) is 5.73 Å². The zero-order valence-electron chi connectivity index (χ0n) is 8.27. The van der Waals surface area contributed by atoms with Crippen molar-refractivity contribution in [1.29, 1.82) is 0 Å². The number of rotatable bonds is 5. The van der Waals surface area contributed by atoms with E-state index < -0.39 is 12.0 Å².